The number of hydrogen-bond donors (Lipinski definition) is 2. The van der Waals surface area contributed by atoms with Crippen molar-refractivity contribution in [2.45, 2.75) is 142 Å². The van der Waals surface area contributed by atoms with Crippen molar-refractivity contribution in [2.75, 3.05) is 13.2 Å². The highest BCUT2D eigenvalue weighted by Gasteiger charge is 2.37. The number of benzene rings is 2. The molecule has 11 nitrogen and oxygen atoms in total. The third-order valence-corrected chi connectivity index (χ3v) is 12.6. The summed E-state index contributed by atoms with van der Waals surface area (Å²) in [6, 6.07) is 14.3. The summed E-state index contributed by atoms with van der Waals surface area (Å²) in [6.07, 6.45) is 8.62. The number of H-pyrrole nitrogens is 1. The number of fused-ring (bicyclic) bond motifs is 3. The van der Waals surface area contributed by atoms with Crippen molar-refractivity contribution in [3.8, 4) is 33.6 Å². The van der Waals surface area contributed by atoms with Gasteiger partial charge in [-0.05, 0) is 120 Å². The first-order valence-corrected chi connectivity index (χ1v) is 24.1. The van der Waals surface area contributed by atoms with E-state index in [9.17, 15) is 9.59 Å². The molecule has 0 radical (unpaired) electrons. The number of aromatic nitrogens is 4. The lowest BCUT2D eigenvalue weighted by Crippen LogP contribution is -2.40. The maximum Gasteiger partial charge on any atom is 0.410 e. The average Bonchev–Trinajstić information content (AvgIpc) is 3.93. The van der Waals surface area contributed by atoms with Crippen LogP contribution in [-0.2, 0) is 27.4 Å². The number of carbonyl (C=O) groups is 2. The van der Waals surface area contributed by atoms with Gasteiger partial charge in [0.1, 0.15) is 29.6 Å². The average molecular weight is 781 g/mol. The number of alkyl carbamates (subject to hydrolysis) is 1. The first-order valence-electron chi connectivity index (χ1n) is 20.4. The van der Waals surface area contributed by atoms with Crippen LogP contribution in [0, 0.1) is 0 Å². The highest BCUT2D eigenvalue weighted by Crippen LogP contribution is 2.42. The topological polar surface area (TPSA) is 124 Å². The number of nitrogens with one attached hydrogen (secondary N) is 2. The molecule has 4 aromatic rings. The lowest BCUT2D eigenvalue weighted by molar-refractivity contribution is 0.0204. The van der Waals surface area contributed by atoms with Gasteiger partial charge in [-0.2, -0.15) is 0 Å². The number of hydrogen-bond acceptors (Lipinski definition) is 7. The maximum absolute atomic E-state index is 13.3. The Balaban J connectivity index is 1.11. The summed E-state index contributed by atoms with van der Waals surface area (Å²) < 4.78 is 19.9. The second-order valence-corrected chi connectivity index (χ2v) is 24.6. The van der Waals surface area contributed by atoms with Gasteiger partial charge in [0.05, 0.1) is 29.8 Å². The predicted molar refractivity (Wildman–Crippen MR) is 222 cm³/mol. The predicted octanol–water partition coefficient (Wildman–Crippen LogP) is 10.1. The molecule has 1 saturated heterocycles. The number of rotatable bonds is 10. The molecule has 12 heteroatoms. The number of likely N-dealkylation sites (tertiary alicyclic amines) is 1. The molecule has 3 heterocycles. The molecule has 3 aliphatic rings. The van der Waals surface area contributed by atoms with E-state index in [0.29, 0.717) is 19.9 Å². The Morgan fingerprint density at radius 2 is 1.57 bits per heavy atom. The van der Waals surface area contributed by atoms with Gasteiger partial charge in [0.15, 0.2) is 0 Å². The van der Waals surface area contributed by atoms with Gasteiger partial charge in [0.2, 0.25) is 0 Å². The van der Waals surface area contributed by atoms with Crippen molar-refractivity contribution in [3.63, 3.8) is 0 Å². The number of carbonyl (C=O) groups excluding carboxylic acids is 2. The lowest BCUT2D eigenvalue weighted by Gasteiger charge is -2.29. The molecular weight excluding hydrogens is 721 g/mol. The van der Waals surface area contributed by atoms with Crippen LogP contribution in [0.1, 0.15) is 108 Å². The van der Waals surface area contributed by atoms with Crippen molar-refractivity contribution >= 4 is 20.3 Å². The number of nitrogens with zero attached hydrogens (tertiary/aromatic N) is 4. The summed E-state index contributed by atoms with van der Waals surface area (Å²) in [4.78, 5) is 41.1. The fourth-order valence-electron chi connectivity index (χ4n) is 8.26. The molecule has 0 unspecified atom stereocenters. The highest BCUT2D eigenvalue weighted by molar-refractivity contribution is 6.76. The molecule has 3 atom stereocenters. The van der Waals surface area contributed by atoms with Gasteiger partial charge in [0, 0.05) is 38.7 Å². The first-order chi connectivity index (χ1) is 26.4. The van der Waals surface area contributed by atoms with Crippen LogP contribution in [0.25, 0.3) is 33.6 Å². The van der Waals surface area contributed by atoms with E-state index in [1.165, 1.54) is 22.3 Å². The van der Waals surface area contributed by atoms with Gasteiger partial charge in [-0.15, -0.1) is 0 Å². The van der Waals surface area contributed by atoms with Crippen LogP contribution in [0.15, 0.2) is 48.8 Å². The Morgan fingerprint density at radius 3 is 2.27 bits per heavy atom. The number of amides is 2. The Kier molecular flexibility index (Phi) is 11.0. The Hall–Kier alpha value is -4.42. The van der Waals surface area contributed by atoms with Crippen LogP contribution < -0.4 is 5.32 Å². The minimum Gasteiger partial charge on any atom is -0.444 e. The molecule has 0 spiro atoms. The van der Waals surface area contributed by atoms with Crippen molar-refractivity contribution in [2.24, 2.45) is 0 Å². The quantitative estimate of drug-likeness (QED) is 0.107. The van der Waals surface area contributed by atoms with Crippen LogP contribution in [0.2, 0.25) is 25.7 Å². The SMILES string of the molecule is CC(C)(C)OC(=O)N[C@H]1CCC[C@@H]1c1ncc(-c2ccc3c(c2)Cc2cc(-c4cnc([C@@H]5CCCN5C(=O)OC(C)(C)C)n4COCC[Si](C)(C)C)ccc2-3)[nH]1. The maximum atomic E-state index is 13.3. The fraction of sp³-hybridized carbons (Fsp3) is 0.545. The molecule has 2 aromatic heterocycles. The van der Waals surface area contributed by atoms with Crippen LogP contribution in [0.5, 0.6) is 0 Å². The summed E-state index contributed by atoms with van der Waals surface area (Å²) in [5.74, 6) is 1.86. The molecule has 7 rings (SSSR count). The molecule has 2 fully saturated rings. The van der Waals surface area contributed by atoms with Crippen LogP contribution >= 0.6 is 0 Å². The minimum absolute atomic E-state index is 0.0151. The molecule has 2 amide bonds. The van der Waals surface area contributed by atoms with Crippen LogP contribution in [0.3, 0.4) is 0 Å². The minimum atomic E-state index is -1.28. The molecule has 1 saturated carbocycles. The molecular formula is C44H60N6O5Si. The molecule has 1 aliphatic heterocycles. The van der Waals surface area contributed by atoms with E-state index in [-0.39, 0.29) is 30.2 Å². The van der Waals surface area contributed by atoms with Crippen LogP contribution in [-0.4, -0.2) is 75.1 Å². The van der Waals surface area contributed by atoms with Gasteiger partial charge in [0.25, 0.3) is 0 Å². The van der Waals surface area contributed by atoms with Crippen molar-refractivity contribution in [1.29, 1.82) is 0 Å². The van der Waals surface area contributed by atoms with E-state index >= 15 is 0 Å². The van der Waals surface area contributed by atoms with Crippen molar-refractivity contribution in [3.05, 3.63) is 71.6 Å². The molecule has 300 valence electrons. The number of ether oxygens (including phenoxy) is 3. The highest BCUT2D eigenvalue weighted by atomic mass is 28.3. The third-order valence-electron chi connectivity index (χ3n) is 10.9. The van der Waals surface area contributed by atoms with E-state index < -0.39 is 19.3 Å². The monoisotopic (exact) mass is 780 g/mol. The largest absolute Gasteiger partial charge is 0.444 e. The standard InChI is InChI=1S/C44H60N6O5Si/c1-43(2,3)54-41(51)48-35-13-10-12-34(35)39-45-25-36(47-39)28-15-17-32-30(22-28)24-31-23-29(16-18-33(31)32)38-26-46-40(50(38)27-53-20-21-56(7,8)9)37-14-11-19-49(37)42(52)55-44(4,5)6/h15-18,22-23,25-26,34-35,37H,10-14,19-21,24,27H2,1-9H3,(H,45,47)(H,48,51)/t34-,35-,37-/m0/s1. The van der Waals surface area contributed by atoms with Gasteiger partial charge in [-0.25, -0.2) is 19.6 Å². The summed E-state index contributed by atoms with van der Waals surface area (Å²) in [5.41, 5.74) is 8.05. The fourth-order valence-corrected chi connectivity index (χ4v) is 9.02. The molecule has 2 aromatic carbocycles. The summed E-state index contributed by atoms with van der Waals surface area (Å²) >= 11 is 0. The van der Waals surface area contributed by atoms with Gasteiger partial charge in [-0.3, -0.25) is 4.90 Å². The van der Waals surface area contributed by atoms with Gasteiger partial charge >= 0.3 is 12.2 Å². The zero-order chi connectivity index (χ0) is 40.0. The third kappa shape index (κ3) is 9.07. The van der Waals surface area contributed by atoms with Crippen LogP contribution in [0.4, 0.5) is 9.59 Å². The Bertz CT molecular complexity index is 2070. The second kappa shape index (κ2) is 15.5. The zero-order valence-electron chi connectivity index (χ0n) is 34.8. The molecule has 2 aliphatic carbocycles. The summed E-state index contributed by atoms with van der Waals surface area (Å²) in [6.45, 7) is 20.1. The van der Waals surface area contributed by atoms with E-state index in [4.69, 9.17) is 24.2 Å². The van der Waals surface area contributed by atoms with E-state index in [1.54, 1.807) is 0 Å². The molecule has 0 bridgehead atoms. The normalized spacial score (nSPS) is 19.6. The van der Waals surface area contributed by atoms with Gasteiger partial charge < -0.3 is 29.1 Å². The second-order valence-electron chi connectivity index (χ2n) is 19.0. The summed E-state index contributed by atoms with van der Waals surface area (Å²) in [7, 11) is -1.28. The molecule has 56 heavy (non-hydrogen) atoms. The number of imidazole rings is 2. The van der Waals surface area contributed by atoms with Crippen molar-refractivity contribution < 1.29 is 23.8 Å². The number of aromatic amines is 1. The zero-order valence-corrected chi connectivity index (χ0v) is 35.8. The van der Waals surface area contributed by atoms with E-state index in [2.05, 4.69) is 70.9 Å². The smallest absolute Gasteiger partial charge is 0.410 e. The summed E-state index contributed by atoms with van der Waals surface area (Å²) in [5, 5.41) is 3.09. The lowest BCUT2D eigenvalue weighted by atomic mass is 10.0. The van der Waals surface area contributed by atoms with Crippen molar-refractivity contribution in [1.82, 2.24) is 29.7 Å². The van der Waals surface area contributed by atoms with E-state index in [1.807, 2.05) is 58.8 Å². The first kappa shape index (κ1) is 39.8. The van der Waals surface area contributed by atoms with E-state index in [0.717, 1.165) is 78.7 Å². The van der Waals surface area contributed by atoms with Gasteiger partial charge in [-0.1, -0.05) is 50.3 Å². The Labute approximate surface area is 332 Å². The molecule has 2 N–H and O–H groups in total. The Morgan fingerprint density at radius 1 is 0.875 bits per heavy atom.